The van der Waals surface area contributed by atoms with Gasteiger partial charge in [0.25, 0.3) is 0 Å². The van der Waals surface area contributed by atoms with Crippen LogP contribution in [0.1, 0.15) is 10.6 Å². The molecule has 1 heterocycles. The molecule has 3 aromatic rings. The van der Waals surface area contributed by atoms with Crippen molar-refractivity contribution in [2.75, 3.05) is 10.6 Å². The van der Waals surface area contributed by atoms with Gasteiger partial charge in [0.15, 0.2) is 0 Å². The Morgan fingerprint density at radius 1 is 1.12 bits per heavy atom. The zero-order valence-electron chi connectivity index (χ0n) is 12.6. The average molecular weight is 397 g/mol. The summed E-state index contributed by atoms with van der Waals surface area (Å²) in [7, 11) is 0. The van der Waals surface area contributed by atoms with Gasteiger partial charge < -0.3 is 5.32 Å². The molecule has 0 unspecified atom stereocenters. The molecule has 3 rings (SSSR count). The van der Waals surface area contributed by atoms with Crippen LogP contribution < -0.4 is 10.6 Å². The smallest absolute Gasteiger partial charge is 0.305 e. The van der Waals surface area contributed by atoms with E-state index in [0.29, 0.717) is 26.6 Å². The molecule has 128 valence electrons. The highest BCUT2D eigenvalue weighted by Crippen LogP contribution is 2.25. The quantitative estimate of drug-likeness (QED) is 0.635. The van der Waals surface area contributed by atoms with Crippen LogP contribution in [0.25, 0.3) is 0 Å². The molecule has 0 fully saturated rings. The Kier molecular flexibility index (Phi) is 5.47. The third-order valence-electron chi connectivity index (χ3n) is 3.17. The number of carbonyl (C=O) groups is 1. The van der Waals surface area contributed by atoms with Crippen molar-refractivity contribution in [2.45, 2.75) is 6.42 Å². The topological polar surface area (TPSA) is 66.9 Å². The van der Waals surface area contributed by atoms with Crippen molar-refractivity contribution >= 4 is 51.4 Å². The molecule has 0 aliphatic heterocycles. The van der Waals surface area contributed by atoms with Gasteiger partial charge in [-0.25, -0.2) is 9.18 Å². The molecule has 2 amide bonds. The molecule has 1 aromatic heterocycles. The largest absolute Gasteiger partial charge is 0.325 e. The van der Waals surface area contributed by atoms with E-state index < -0.39 is 11.8 Å². The van der Waals surface area contributed by atoms with Gasteiger partial charge in [0.1, 0.15) is 10.8 Å². The van der Waals surface area contributed by atoms with Gasteiger partial charge >= 0.3 is 6.03 Å². The predicted octanol–water partition coefficient (Wildman–Crippen LogP) is 5.22. The minimum absolute atomic E-state index is 0.0812. The molecule has 0 radical (unpaired) electrons. The number of urea groups is 1. The second kappa shape index (κ2) is 7.77. The maximum Gasteiger partial charge on any atom is 0.325 e. The van der Waals surface area contributed by atoms with Gasteiger partial charge in [-0.2, -0.15) is 0 Å². The highest BCUT2D eigenvalue weighted by molar-refractivity contribution is 7.15. The molecular formula is C16H11Cl2FN4OS. The van der Waals surface area contributed by atoms with E-state index in [0.717, 1.165) is 5.56 Å². The van der Waals surface area contributed by atoms with Crippen molar-refractivity contribution in [2.24, 2.45) is 0 Å². The first-order chi connectivity index (χ1) is 12.0. The Labute approximate surface area is 156 Å². The normalized spacial score (nSPS) is 10.5. The number of aromatic nitrogens is 2. The highest BCUT2D eigenvalue weighted by Gasteiger charge is 2.11. The predicted molar refractivity (Wildman–Crippen MR) is 98.2 cm³/mol. The monoisotopic (exact) mass is 396 g/mol. The van der Waals surface area contributed by atoms with Gasteiger partial charge in [0.2, 0.25) is 5.13 Å². The van der Waals surface area contributed by atoms with Gasteiger partial charge in [-0.3, -0.25) is 5.32 Å². The summed E-state index contributed by atoms with van der Waals surface area (Å²) in [6.45, 7) is 0. The molecule has 0 atom stereocenters. The van der Waals surface area contributed by atoms with Crippen molar-refractivity contribution in [3.8, 4) is 0 Å². The van der Waals surface area contributed by atoms with Crippen molar-refractivity contribution < 1.29 is 9.18 Å². The lowest BCUT2D eigenvalue weighted by atomic mass is 10.2. The first-order valence-electron chi connectivity index (χ1n) is 7.10. The van der Waals surface area contributed by atoms with E-state index in [1.165, 1.54) is 29.5 Å². The molecule has 5 nitrogen and oxygen atoms in total. The summed E-state index contributed by atoms with van der Waals surface area (Å²) in [4.78, 5) is 11.9. The fourth-order valence-electron chi connectivity index (χ4n) is 2.02. The molecule has 0 aliphatic carbocycles. The van der Waals surface area contributed by atoms with Crippen LogP contribution in [0.4, 0.5) is 20.0 Å². The summed E-state index contributed by atoms with van der Waals surface area (Å²) >= 11 is 13.2. The van der Waals surface area contributed by atoms with Crippen LogP contribution in [0, 0.1) is 5.82 Å². The molecule has 0 bridgehead atoms. The molecule has 0 saturated heterocycles. The summed E-state index contributed by atoms with van der Waals surface area (Å²) in [6.07, 6.45) is 0.463. The number of hydrogen-bond donors (Lipinski definition) is 2. The molecule has 9 heteroatoms. The Morgan fingerprint density at radius 2 is 1.92 bits per heavy atom. The van der Waals surface area contributed by atoms with Crippen LogP contribution >= 0.6 is 34.5 Å². The first kappa shape index (κ1) is 17.6. The number of benzene rings is 2. The van der Waals surface area contributed by atoms with Crippen molar-refractivity contribution in [1.82, 2.24) is 10.2 Å². The molecule has 25 heavy (non-hydrogen) atoms. The zero-order chi connectivity index (χ0) is 17.8. The number of hydrogen-bond acceptors (Lipinski definition) is 4. The lowest BCUT2D eigenvalue weighted by molar-refractivity contribution is 0.262. The van der Waals surface area contributed by atoms with Crippen LogP contribution in [0.5, 0.6) is 0 Å². The zero-order valence-corrected chi connectivity index (χ0v) is 14.9. The summed E-state index contributed by atoms with van der Waals surface area (Å²) in [5.41, 5.74) is 0.933. The van der Waals surface area contributed by atoms with Gasteiger partial charge in [-0.15, -0.1) is 10.2 Å². The minimum Gasteiger partial charge on any atom is -0.305 e. The van der Waals surface area contributed by atoms with Crippen LogP contribution in [-0.4, -0.2) is 16.2 Å². The summed E-state index contributed by atoms with van der Waals surface area (Å²) in [5, 5.41) is 14.9. The van der Waals surface area contributed by atoms with E-state index in [4.69, 9.17) is 23.2 Å². The number of anilines is 2. The van der Waals surface area contributed by atoms with E-state index >= 15 is 0 Å². The summed E-state index contributed by atoms with van der Waals surface area (Å²) in [5.74, 6) is -0.520. The number of rotatable bonds is 4. The number of halogens is 3. The molecule has 2 N–H and O–H groups in total. The summed E-state index contributed by atoms with van der Waals surface area (Å²) < 4.78 is 13.5. The van der Waals surface area contributed by atoms with E-state index in [-0.39, 0.29) is 5.69 Å². The van der Waals surface area contributed by atoms with Gasteiger partial charge in [0.05, 0.1) is 5.69 Å². The Hall–Kier alpha value is -2.22. The molecule has 0 saturated carbocycles. The fourth-order valence-corrected chi connectivity index (χ4v) is 3.25. The van der Waals surface area contributed by atoms with Crippen molar-refractivity contribution in [3.05, 3.63) is 68.9 Å². The maximum atomic E-state index is 13.5. The molecule has 2 aromatic carbocycles. The second-order valence-corrected chi connectivity index (χ2v) is 6.88. The SMILES string of the molecule is O=C(Nc1nnc(Cc2ccc(Cl)cc2Cl)s1)Nc1ccccc1F. The highest BCUT2D eigenvalue weighted by atomic mass is 35.5. The Bertz CT molecular complexity index is 919. The molecule has 0 aliphatic rings. The first-order valence-corrected chi connectivity index (χ1v) is 8.67. The number of nitrogens with zero attached hydrogens (tertiary/aromatic N) is 2. The lowest BCUT2D eigenvalue weighted by Gasteiger charge is -2.05. The van der Waals surface area contributed by atoms with Crippen LogP contribution in [-0.2, 0) is 6.42 Å². The third kappa shape index (κ3) is 4.66. The second-order valence-electron chi connectivity index (χ2n) is 4.97. The minimum atomic E-state index is -0.600. The number of nitrogens with one attached hydrogen (secondary N) is 2. The van der Waals surface area contributed by atoms with E-state index in [2.05, 4.69) is 20.8 Å². The van der Waals surface area contributed by atoms with Crippen molar-refractivity contribution in [1.29, 1.82) is 0 Å². The van der Waals surface area contributed by atoms with Crippen molar-refractivity contribution in [3.63, 3.8) is 0 Å². The summed E-state index contributed by atoms with van der Waals surface area (Å²) in [6, 6.07) is 10.5. The number of para-hydroxylation sites is 1. The molecule has 0 spiro atoms. The third-order valence-corrected chi connectivity index (χ3v) is 4.59. The lowest BCUT2D eigenvalue weighted by Crippen LogP contribution is -2.19. The standard InChI is InChI=1S/C16H11Cl2FN4OS/c17-10-6-5-9(11(18)8-10)7-14-22-23-16(25-14)21-15(24)20-13-4-2-1-3-12(13)19/h1-6,8H,7H2,(H2,20,21,23,24). The van der Waals surface area contributed by atoms with Crippen LogP contribution in [0.15, 0.2) is 42.5 Å². The van der Waals surface area contributed by atoms with Gasteiger partial charge in [-0.05, 0) is 29.8 Å². The fraction of sp³-hybridized carbons (Fsp3) is 0.0625. The van der Waals surface area contributed by atoms with E-state index in [9.17, 15) is 9.18 Å². The van der Waals surface area contributed by atoms with Gasteiger partial charge in [-0.1, -0.05) is 52.7 Å². The van der Waals surface area contributed by atoms with E-state index in [1.807, 2.05) is 6.07 Å². The van der Waals surface area contributed by atoms with E-state index in [1.54, 1.807) is 18.2 Å². The Morgan fingerprint density at radius 3 is 2.68 bits per heavy atom. The number of carbonyl (C=O) groups excluding carboxylic acids is 1. The van der Waals surface area contributed by atoms with Crippen LogP contribution in [0.2, 0.25) is 10.0 Å². The molecular weight excluding hydrogens is 386 g/mol. The Balaban J connectivity index is 1.63. The van der Waals surface area contributed by atoms with Crippen LogP contribution in [0.3, 0.4) is 0 Å². The maximum absolute atomic E-state index is 13.5. The average Bonchev–Trinajstić information content (AvgIpc) is 2.99. The van der Waals surface area contributed by atoms with Gasteiger partial charge in [0, 0.05) is 16.5 Å². The number of amides is 2.